The molecule has 0 saturated heterocycles. The summed E-state index contributed by atoms with van der Waals surface area (Å²) in [7, 11) is 1.92. The third-order valence-electron chi connectivity index (χ3n) is 1.40. The molecule has 0 spiro atoms. The van der Waals surface area contributed by atoms with E-state index in [2.05, 4.69) is 5.16 Å². The van der Waals surface area contributed by atoms with Crippen molar-refractivity contribution in [3.05, 3.63) is 18.0 Å². The lowest BCUT2D eigenvalue weighted by atomic mass is 10.4. The topological polar surface area (TPSA) is 49.5 Å². The molecule has 4 nitrogen and oxygen atoms in total. The normalized spacial score (nSPS) is 10.8. The Bertz CT molecular complexity index is 186. The summed E-state index contributed by atoms with van der Waals surface area (Å²) in [5.74, 6) is 0.820. The summed E-state index contributed by atoms with van der Waals surface area (Å²) in [5.41, 5.74) is 0. The first kappa shape index (κ1) is 8.23. The number of nitrogens with zero attached hydrogens (tertiary/aromatic N) is 2. The van der Waals surface area contributed by atoms with Gasteiger partial charge in [0.1, 0.15) is 0 Å². The van der Waals surface area contributed by atoms with Crippen LogP contribution in [0, 0.1) is 0 Å². The minimum absolute atomic E-state index is 0.171. The monoisotopic (exact) mass is 156 g/mol. The molecule has 11 heavy (non-hydrogen) atoms. The Labute approximate surface area is 65.4 Å². The first-order valence-corrected chi connectivity index (χ1v) is 3.52. The van der Waals surface area contributed by atoms with Gasteiger partial charge in [0.15, 0.2) is 5.76 Å². The van der Waals surface area contributed by atoms with Crippen LogP contribution in [0.2, 0.25) is 0 Å². The lowest BCUT2D eigenvalue weighted by molar-refractivity contribution is 0.203. The van der Waals surface area contributed by atoms with Gasteiger partial charge in [0.05, 0.1) is 19.3 Å². The third kappa shape index (κ3) is 2.69. The van der Waals surface area contributed by atoms with Crippen LogP contribution in [0.4, 0.5) is 0 Å². The Morgan fingerprint density at radius 3 is 3.09 bits per heavy atom. The second kappa shape index (κ2) is 4.10. The largest absolute Gasteiger partial charge is 0.395 e. The van der Waals surface area contributed by atoms with E-state index in [0.717, 1.165) is 5.76 Å². The van der Waals surface area contributed by atoms with Gasteiger partial charge in [-0.15, -0.1) is 0 Å². The zero-order chi connectivity index (χ0) is 8.10. The number of aliphatic hydroxyl groups excluding tert-OH is 1. The van der Waals surface area contributed by atoms with Gasteiger partial charge in [0.2, 0.25) is 0 Å². The fourth-order valence-corrected chi connectivity index (χ4v) is 0.839. The van der Waals surface area contributed by atoms with Gasteiger partial charge in [-0.25, -0.2) is 0 Å². The molecular formula is C7H12N2O2. The molecule has 0 bridgehead atoms. The van der Waals surface area contributed by atoms with Crippen LogP contribution in [0.1, 0.15) is 5.76 Å². The van der Waals surface area contributed by atoms with Crippen molar-refractivity contribution >= 4 is 0 Å². The standard InChI is InChI=1S/C7H12N2O2/c1-9(4-5-10)6-7-2-3-8-11-7/h2-3,10H,4-6H2,1H3. The molecular weight excluding hydrogens is 144 g/mol. The minimum Gasteiger partial charge on any atom is -0.395 e. The summed E-state index contributed by atoms with van der Waals surface area (Å²) < 4.78 is 4.88. The molecule has 1 heterocycles. The molecule has 4 heteroatoms. The molecule has 1 rings (SSSR count). The van der Waals surface area contributed by atoms with Gasteiger partial charge in [-0.05, 0) is 7.05 Å². The highest BCUT2D eigenvalue weighted by Crippen LogP contribution is 1.99. The van der Waals surface area contributed by atoms with E-state index in [4.69, 9.17) is 9.63 Å². The molecule has 0 radical (unpaired) electrons. The quantitative estimate of drug-likeness (QED) is 0.671. The molecule has 0 saturated carbocycles. The van der Waals surface area contributed by atoms with Crippen LogP contribution in [0.15, 0.2) is 16.8 Å². The van der Waals surface area contributed by atoms with Crippen molar-refractivity contribution in [3.8, 4) is 0 Å². The van der Waals surface area contributed by atoms with Crippen molar-refractivity contribution in [1.29, 1.82) is 0 Å². The Kier molecular flexibility index (Phi) is 3.07. The van der Waals surface area contributed by atoms with Crippen LogP contribution in [0.5, 0.6) is 0 Å². The van der Waals surface area contributed by atoms with Gasteiger partial charge in [-0.2, -0.15) is 0 Å². The molecule has 1 aromatic rings. The zero-order valence-corrected chi connectivity index (χ0v) is 6.53. The van der Waals surface area contributed by atoms with E-state index < -0.39 is 0 Å². The number of aliphatic hydroxyl groups is 1. The van der Waals surface area contributed by atoms with Gasteiger partial charge in [0.25, 0.3) is 0 Å². The van der Waals surface area contributed by atoms with Crippen molar-refractivity contribution in [2.45, 2.75) is 6.54 Å². The highest BCUT2D eigenvalue weighted by molar-refractivity contribution is 4.91. The number of hydrogen-bond donors (Lipinski definition) is 1. The molecule has 0 amide bonds. The van der Waals surface area contributed by atoms with Crippen molar-refractivity contribution in [2.24, 2.45) is 0 Å². The summed E-state index contributed by atoms with van der Waals surface area (Å²) in [6.07, 6.45) is 1.61. The summed E-state index contributed by atoms with van der Waals surface area (Å²) in [6.45, 7) is 1.52. The van der Waals surface area contributed by atoms with E-state index in [-0.39, 0.29) is 6.61 Å². The fraction of sp³-hybridized carbons (Fsp3) is 0.571. The first-order chi connectivity index (χ1) is 5.33. The van der Waals surface area contributed by atoms with Crippen LogP contribution in [-0.2, 0) is 6.54 Å². The molecule has 0 aliphatic rings. The van der Waals surface area contributed by atoms with Crippen LogP contribution < -0.4 is 0 Å². The van der Waals surface area contributed by atoms with Gasteiger partial charge in [-0.3, -0.25) is 4.90 Å². The van der Waals surface area contributed by atoms with Crippen molar-refractivity contribution in [2.75, 3.05) is 20.2 Å². The van der Waals surface area contributed by atoms with E-state index >= 15 is 0 Å². The van der Waals surface area contributed by atoms with E-state index in [0.29, 0.717) is 13.1 Å². The van der Waals surface area contributed by atoms with E-state index in [1.807, 2.05) is 18.0 Å². The number of hydrogen-bond acceptors (Lipinski definition) is 4. The molecule has 0 atom stereocenters. The molecule has 0 aliphatic carbocycles. The maximum absolute atomic E-state index is 8.58. The smallest absolute Gasteiger partial charge is 0.150 e. The van der Waals surface area contributed by atoms with Gasteiger partial charge in [0, 0.05) is 12.6 Å². The Morgan fingerprint density at radius 2 is 2.55 bits per heavy atom. The Balaban J connectivity index is 2.31. The second-order valence-electron chi connectivity index (χ2n) is 2.44. The van der Waals surface area contributed by atoms with Gasteiger partial charge < -0.3 is 9.63 Å². The third-order valence-corrected chi connectivity index (χ3v) is 1.40. The van der Waals surface area contributed by atoms with E-state index in [1.54, 1.807) is 6.20 Å². The number of aromatic nitrogens is 1. The molecule has 0 aliphatic heterocycles. The minimum atomic E-state index is 0.171. The van der Waals surface area contributed by atoms with Crippen LogP contribution >= 0.6 is 0 Å². The summed E-state index contributed by atoms with van der Waals surface area (Å²) >= 11 is 0. The van der Waals surface area contributed by atoms with Gasteiger partial charge in [-0.1, -0.05) is 5.16 Å². The molecule has 1 aromatic heterocycles. The Hall–Kier alpha value is -0.870. The van der Waals surface area contributed by atoms with E-state index in [1.165, 1.54) is 0 Å². The van der Waals surface area contributed by atoms with Crippen LogP contribution in [0.3, 0.4) is 0 Å². The Morgan fingerprint density at radius 1 is 1.73 bits per heavy atom. The lowest BCUT2D eigenvalue weighted by Crippen LogP contribution is -2.21. The van der Waals surface area contributed by atoms with Crippen LogP contribution in [0.25, 0.3) is 0 Å². The summed E-state index contributed by atoms with van der Waals surface area (Å²) in [4.78, 5) is 1.96. The molecule has 1 N–H and O–H groups in total. The summed E-state index contributed by atoms with van der Waals surface area (Å²) in [5, 5.41) is 12.1. The lowest BCUT2D eigenvalue weighted by Gasteiger charge is -2.11. The van der Waals surface area contributed by atoms with Crippen molar-refractivity contribution in [3.63, 3.8) is 0 Å². The average Bonchev–Trinajstić information content (AvgIpc) is 2.40. The molecule has 62 valence electrons. The predicted molar refractivity (Wildman–Crippen MR) is 39.9 cm³/mol. The predicted octanol–water partition coefficient (Wildman–Crippen LogP) is 0.0987. The number of likely N-dealkylation sites (N-methyl/N-ethyl adjacent to an activating group) is 1. The van der Waals surface area contributed by atoms with Crippen molar-refractivity contribution in [1.82, 2.24) is 10.1 Å². The zero-order valence-electron chi connectivity index (χ0n) is 6.53. The highest BCUT2D eigenvalue weighted by Gasteiger charge is 2.01. The fourth-order valence-electron chi connectivity index (χ4n) is 0.839. The molecule has 0 fully saturated rings. The maximum Gasteiger partial charge on any atom is 0.150 e. The molecule has 0 unspecified atom stereocenters. The second-order valence-corrected chi connectivity index (χ2v) is 2.44. The van der Waals surface area contributed by atoms with E-state index in [9.17, 15) is 0 Å². The SMILES string of the molecule is CN(CCO)Cc1ccno1. The number of rotatable bonds is 4. The molecule has 0 aromatic carbocycles. The van der Waals surface area contributed by atoms with Crippen LogP contribution in [-0.4, -0.2) is 35.4 Å². The van der Waals surface area contributed by atoms with Crippen molar-refractivity contribution < 1.29 is 9.63 Å². The average molecular weight is 156 g/mol. The maximum atomic E-state index is 8.58. The first-order valence-electron chi connectivity index (χ1n) is 3.52. The summed E-state index contributed by atoms with van der Waals surface area (Å²) in [6, 6.07) is 1.81. The highest BCUT2D eigenvalue weighted by atomic mass is 16.5. The van der Waals surface area contributed by atoms with Gasteiger partial charge >= 0.3 is 0 Å².